The largest absolute Gasteiger partial charge is 0.478 e. The van der Waals surface area contributed by atoms with E-state index in [1.807, 2.05) is 12.1 Å². The quantitative estimate of drug-likeness (QED) is 0.493. The summed E-state index contributed by atoms with van der Waals surface area (Å²) in [5.41, 5.74) is 3.00. The Morgan fingerprint density at radius 1 is 0.839 bits per heavy atom. The van der Waals surface area contributed by atoms with E-state index >= 15 is 0 Å². The predicted octanol–water partition coefficient (Wildman–Crippen LogP) is 3.93. The van der Waals surface area contributed by atoms with Crippen molar-refractivity contribution in [1.82, 2.24) is 0 Å². The third-order valence-electron chi connectivity index (χ3n) is 4.54. The number of anilines is 2. The van der Waals surface area contributed by atoms with Gasteiger partial charge in [0.25, 0.3) is 10.0 Å². The Kier molecular flexibility index (Phi) is 6.71. The third kappa shape index (κ3) is 6.16. The van der Waals surface area contributed by atoms with Crippen LogP contribution in [0.4, 0.5) is 11.4 Å². The van der Waals surface area contributed by atoms with Gasteiger partial charge < -0.3 is 10.4 Å². The summed E-state index contributed by atoms with van der Waals surface area (Å²) < 4.78 is 27.9. The topological polar surface area (TPSA) is 113 Å². The normalized spacial score (nSPS) is 11.0. The highest BCUT2D eigenvalue weighted by Crippen LogP contribution is 2.20. The number of carboxylic acid groups (broad SMARTS) is 1. The maximum absolute atomic E-state index is 12.7. The minimum Gasteiger partial charge on any atom is -0.478 e. The fraction of sp³-hybridized carbons (Fsp3) is 0.130. The first-order valence-corrected chi connectivity index (χ1v) is 11.0. The Morgan fingerprint density at radius 2 is 1.45 bits per heavy atom. The smallest absolute Gasteiger partial charge is 0.335 e. The molecule has 0 aliphatic rings. The zero-order chi connectivity index (χ0) is 22.4. The van der Waals surface area contributed by atoms with Gasteiger partial charge in [-0.2, -0.15) is 0 Å². The van der Waals surface area contributed by atoms with Gasteiger partial charge >= 0.3 is 5.97 Å². The van der Waals surface area contributed by atoms with E-state index < -0.39 is 16.0 Å². The maximum atomic E-state index is 12.7. The van der Waals surface area contributed by atoms with E-state index in [0.29, 0.717) is 24.2 Å². The van der Waals surface area contributed by atoms with Gasteiger partial charge in [-0.1, -0.05) is 24.3 Å². The van der Waals surface area contributed by atoms with E-state index in [1.165, 1.54) is 31.2 Å². The minimum absolute atomic E-state index is 0.0810. The van der Waals surface area contributed by atoms with Crippen molar-refractivity contribution < 1.29 is 23.1 Å². The summed E-state index contributed by atoms with van der Waals surface area (Å²) in [6.07, 6.45) is 1.26. The van der Waals surface area contributed by atoms with Crippen molar-refractivity contribution in [3.8, 4) is 0 Å². The Labute approximate surface area is 180 Å². The number of benzene rings is 3. The first-order valence-electron chi connectivity index (χ1n) is 9.54. The predicted molar refractivity (Wildman–Crippen MR) is 119 cm³/mol. The van der Waals surface area contributed by atoms with Gasteiger partial charge in [0.2, 0.25) is 5.91 Å². The molecule has 3 rings (SSSR count). The molecule has 3 N–H and O–H groups in total. The van der Waals surface area contributed by atoms with E-state index in [1.54, 1.807) is 36.4 Å². The third-order valence-corrected chi connectivity index (χ3v) is 5.94. The molecule has 0 atom stereocenters. The van der Waals surface area contributed by atoms with E-state index in [0.717, 1.165) is 11.1 Å². The van der Waals surface area contributed by atoms with Crippen molar-refractivity contribution >= 4 is 33.3 Å². The molecule has 0 heterocycles. The van der Waals surface area contributed by atoms with Crippen LogP contribution in [0.5, 0.6) is 0 Å². The van der Waals surface area contributed by atoms with Crippen molar-refractivity contribution in [3.05, 3.63) is 89.5 Å². The summed E-state index contributed by atoms with van der Waals surface area (Å²) in [5, 5.41) is 11.7. The van der Waals surface area contributed by atoms with Crippen LogP contribution in [0.3, 0.4) is 0 Å². The molecule has 3 aromatic rings. The second-order valence-electron chi connectivity index (χ2n) is 7.02. The average molecular weight is 439 g/mol. The highest BCUT2D eigenvalue weighted by atomic mass is 32.2. The molecule has 0 radical (unpaired) electrons. The molecule has 0 aliphatic carbocycles. The molecule has 31 heavy (non-hydrogen) atoms. The van der Waals surface area contributed by atoms with Crippen molar-refractivity contribution in [2.75, 3.05) is 10.0 Å². The standard InChI is InChI=1S/C23H22N2O5S/c1-16(26)24-20-10-12-22(13-11-20)31(29,30)25-21-7-3-5-18(15-21)9-8-17-4-2-6-19(14-17)23(27)28/h2-7,10-15,25H,8-9H2,1H3,(H,24,26)(H,27,28). The van der Waals surface area contributed by atoms with Crippen molar-refractivity contribution in [1.29, 1.82) is 0 Å². The van der Waals surface area contributed by atoms with Gasteiger partial charge in [0.05, 0.1) is 10.5 Å². The SMILES string of the molecule is CC(=O)Nc1ccc(S(=O)(=O)Nc2cccc(CCc3cccc(C(=O)O)c3)c2)cc1. The lowest BCUT2D eigenvalue weighted by molar-refractivity contribution is -0.114. The molecule has 8 heteroatoms. The molecule has 0 fully saturated rings. The number of sulfonamides is 1. The lowest BCUT2D eigenvalue weighted by atomic mass is 10.0. The summed E-state index contributed by atoms with van der Waals surface area (Å²) in [5.74, 6) is -1.21. The Morgan fingerprint density at radius 3 is 2.06 bits per heavy atom. The van der Waals surface area contributed by atoms with Crippen LogP contribution in [0.25, 0.3) is 0 Å². The van der Waals surface area contributed by atoms with Crippen molar-refractivity contribution in [2.45, 2.75) is 24.7 Å². The highest BCUT2D eigenvalue weighted by molar-refractivity contribution is 7.92. The number of aryl methyl sites for hydroxylation is 2. The number of aromatic carboxylic acids is 1. The molecular weight excluding hydrogens is 416 g/mol. The zero-order valence-corrected chi connectivity index (χ0v) is 17.6. The lowest BCUT2D eigenvalue weighted by Gasteiger charge is -2.11. The van der Waals surface area contributed by atoms with Crippen LogP contribution in [-0.4, -0.2) is 25.4 Å². The van der Waals surface area contributed by atoms with E-state index in [4.69, 9.17) is 5.11 Å². The fourth-order valence-corrected chi connectivity index (χ4v) is 4.12. The second-order valence-corrected chi connectivity index (χ2v) is 8.70. The monoisotopic (exact) mass is 438 g/mol. The van der Waals surface area contributed by atoms with Gasteiger partial charge in [-0.05, 0) is 72.5 Å². The average Bonchev–Trinajstić information content (AvgIpc) is 2.72. The number of carbonyl (C=O) groups is 2. The highest BCUT2D eigenvalue weighted by Gasteiger charge is 2.14. The van der Waals surface area contributed by atoms with E-state index in [2.05, 4.69) is 10.0 Å². The van der Waals surface area contributed by atoms with Crippen LogP contribution in [0.1, 0.15) is 28.4 Å². The number of hydrogen-bond acceptors (Lipinski definition) is 4. The maximum Gasteiger partial charge on any atom is 0.335 e. The van der Waals surface area contributed by atoms with Crippen molar-refractivity contribution in [2.24, 2.45) is 0 Å². The summed E-state index contributed by atoms with van der Waals surface area (Å²) in [7, 11) is -3.79. The summed E-state index contributed by atoms with van der Waals surface area (Å²) in [6.45, 7) is 1.38. The van der Waals surface area contributed by atoms with Gasteiger partial charge in [-0.3, -0.25) is 9.52 Å². The van der Waals surface area contributed by atoms with Crippen LogP contribution in [0.2, 0.25) is 0 Å². The van der Waals surface area contributed by atoms with Gasteiger partial charge in [0.1, 0.15) is 0 Å². The molecule has 0 saturated heterocycles. The van der Waals surface area contributed by atoms with Crippen LogP contribution in [0.15, 0.2) is 77.7 Å². The van der Waals surface area contributed by atoms with Gasteiger partial charge in [0, 0.05) is 18.3 Å². The van der Waals surface area contributed by atoms with Gasteiger partial charge in [0.15, 0.2) is 0 Å². The molecule has 0 saturated carbocycles. The zero-order valence-electron chi connectivity index (χ0n) is 16.8. The molecule has 160 valence electrons. The van der Waals surface area contributed by atoms with Crippen LogP contribution >= 0.6 is 0 Å². The molecule has 0 aromatic heterocycles. The molecule has 3 aromatic carbocycles. The number of carbonyl (C=O) groups excluding carboxylic acids is 1. The Balaban J connectivity index is 1.69. The Bertz CT molecular complexity index is 1200. The van der Waals surface area contributed by atoms with Crippen LogP contribution < -0.4 is 10.0 Å². The second kappa shape index (κ2) is 9.44. The summed E-state index contributed by atoms with van der Waals surface area (Å²) in [6, 6.07) is 19.7. The number of hydrogen-bond donors (Lipinski definition) is 3. The number of carboxylic acids is 1. The summed E-state index contributed by atoms with van der Waals surface area (Å²) >= 11 is 0. The van der Waals surface area contributed by atoms with Crippen molar-refractivity contribution in [3.63, 3.8) is 0 Å². The van der Waals surface area contributed by atoms with Crippen LogP contribution in [-0.2, 0) is 27.7 Å². The van der Waals surface area contributed by atoms with E-state index in [-0.39, 0.29) is 16.4 Å². The molecule has 1 amide bonds. The van der Waals surface area contributed by atoms with Crippen LogP contribution in [0, 0.1) is 0 Å². The lowest BCUT2D eigenvalue weighted by Crippen LogP contribution is -2.13. The molecule has 0 bridgehead atoms. The first kappa shape index (κ1) is 22.0. The first-order chi connectivity index (χ1) is 14.7. The molecule has 7 nitrogen and oxygen atoms in total. The Hall–Kier alpha value is -3.65. The van der Waals surface area contributed by atoms with Gasteiger partial charge in [-0.15, -0.1) is 0 Å². The van der Waals surface area contributed by atoms with Gasteiger partial charge in [-0.25, -0.2) is 13.2 Å². The number of nitrogens with one attached hydrogen (secondary N) is 2. The van der Waals surface area contributed by atoms with E-state index in [9.17, 15) is 18.0 Å². The number of rotatable bonds is 8. The molecule has 0 unspecified atom stereocenters. The minimum atomic E-state index is -3.79. The number of amides is 1. The molecule has 0 aliphatic heterocycles. The molecular formula is C23H22N2O5S. The fourth-order valence-electron chi connectivity index (χ4n) is 3.07. The summed E-state index contributed by atoms with van der Waals surface area (Å²) in [4.78, 5) is 22.3. The molecule has 0 spiro atoms.